The topological polar surface area (TPSA) is 24.5 Å². The normalized spacial score (nSPS) is 19.8. The van der Waals surface area contributed by atoms with Crippen LogP contribution >= 0.6 is 0 Å². The van der Waals surface area contributed by atoms with Crippen molar-refractivity contribution < 1.29 is 4.74 Å². The van der Waals surface area contributed by atoms with Gasteiger partial charge in [0.05, 0.1) is 0 Å². The van der Waals surface area contributed by atoms with Gasteiger partial charge in [-0.3, -0.25) is 0 Å². The first-order valence-electron chi connectivity index (χ1n) is 7.16. The lowest BCUT2D eigenvalue weighted by Gasteiger charge is -2.27. The van der Waals surface area contributed by atoms with Crippen LogP contribution in [0.2, 0.25) is 0 Å². The van der Waals surface area contributed by atoms with Crippen molar-refractivity contribution in [3.63, 3.8) is 0 Å². The van der Waals surface area contributed by atoms with Gasteiger partial charge in [0.15, 0.2) is 0 Å². The molecule has 1 atom stereocenters. The maximum Gasteiger partial charge on any atom is 0.0469 e. The van der Waals surface area contributed by atoms with E-state index in [9.17, 15) is 0 Å². The first-order chi connectivity index (χ1) is 8.22. The smallest absolute Gasteiger partial charge is 0.0469 e. The molecule has 17 heavy (non-hydrogen) atoms. The molecule has 1 fully saturated rings. The Bertz CT molecular complexity index is 181. The molecule has 1 aliphatic rings. The van der Waals surface area contributed by atoms with Crippen molar-refractivity contribution in [1.82, 2.24) is 10.2 Å². The zero-order valence-electron chi connectivity index (χ0n) is 11.9. The second-order valence-corrected chi connectivity index (χ2v) is 5.50. The van der Waals surface area contributed by atoms with Gasteiger partial charge >= 0.3 is 0 Å². The van der Waals surface area contributed by atoms with Crippen molar-refractivity contribution in [3.8, 4) is 0 Å². The maximum atomic E-state index is 5.39. The molecule has 1 aliphatic heterocycles. The third-order valence-corrected chi connectivity index (χ3v) is 3.83. The molecule has 1 saturated heterocycles. The Morgan fingerprint density at radius 1 is 1.29 bits per heavy atom. The monoisotopic (exact) mass is 242 g/mol. The van der Waals surface area contributed by atoms with E-state index < -0.39 is 0 Å². The molecule has 102 valence electrons. The minimum absolute atomic E-state index is 0.663. The second-order valence-electron chi connectivity index (χ2n) is 5.50. The third-order valence-electron chi connectivity index (χ3n) is 3.83. The largest absolute Gasteiger partial charge is 0.381 e. The van der Waals surface area contributed by atoms with E-state index in [0.717, 1.165) is 19.1 Å². The Hall–Kier alpha value is -0.120. The molecule has 1 N–H and O–H groups in total. The quantitative estimate of drug-likeness (QED) is 0.660. The van der Waals surface area contributed by atoms with Crippen LogP contribution in [-0.4, -0.2) is 51.3 Å². The summed E-state index contributed by atoms with van der Waals surface area (Å²) in [7, 11) is 4.30. The molecule has 0 amide bonds. The predicted molar refractivity (Wildman–Crippen MR) is 73.4 cm³/mol. The molecule has 3 heteroatoms. The number of unbranched alkanes of at least 4 members (excludes halogenated alkanes) is 1. The van der Waals surface area contributed by atoms with E-state index in [0.29, 0.717) is 6.04 Å². The van der Waals surface area contributed by atoms with Crippen LogP contribution < -0.4 is 5.32 Å². The van der Waals surface area contributed by atoms with Crippen LogP contribution in [-0.2, 0) is 4.74 Å². The molecule has 0 radical (unpaired) electrons. The lowest BCUT2D eigenvalue weighted by atomic mass is 10.00. The van der Waals surface area contributed by atoms with Crippen LogP contribution in [0.25, 0.3) is 0 Å². The van der Waals surface area contributed by atoms with Crippen molar-refractivity contribution in [1.29, 1.82) is 0 Å². The third kappa shape index (κ3) is 7.02. The molecule has 0 aromatic carbocycles. The molecular formula is C14H30N2O. The van der Waals surface area contributed by atoms with Crippen molar-refractivity contribution >= 4 is 0 Å². The van der Waals surface area contributed by atoms with Gasteiger partial charge in [0.1, 0.15) is 0 Å². The lowest BCUT2D eigenvalue weighted by molar-refractivity contribution is 0.0555. The standard InChI is InChI=1S/C14H30N2O/c1-13(15-2)6-4-5-9-16(3)12-14-7-10-17-11-8-14/h13-15H,4-12H2,1-3H3. The summed E-state index contributed by atoms with van der Waals surface area (Å²) in [5.74, 6) is 0.866. The molecule has 0 bridgehead atoms. The Morgan fingerprint density at radius 2 is 2.00 bits per heavy atom. The van der Waals surface area contributed by atoms with Gasteiger partial charge in [0.25, 0.3) is 0 Å². The summed E-state index contributed by atoms with van der Waals surface area (Å²) in [5, 5.41) is 3.29. The van der Waals surface area contributed by atoms with Crippen LogP contribution in [0.5, 0.6) is 0 Å². The first kappa shape index (κ1) is 14.9. The summed E-state index contributed by atoms with van der Waals surface area (Å²) >= 11 is 0. The van der Waals surface area contributed by atoms with Gasteiger partial charge in [-0.05, 0) is 59.2 Å². The van der Waals surface area contributed by atoms with Crippen molar-refractivity contribution in [2.24, 2.45) is 5.92 Å². The summed E-state index contributed by atoms with van der Waals surface area (Å²) in [5.41, 5.74) is 0. The van der Waals surface area contributed by atoms with Gasteiger partial charge in [-0.25, -0.2) is 0 Å². The van der Waals surface area contributed by atoms with Crippen molar-refractivity contribution in [2.75, 3.05) is 40.4 Å². The van der Waals surface area contributed by atoms with Gasteiger partial charge in [-0.15, -0.1) is 0 Å². The number of rotatable bonds is 8. The van der Waals surface area contributed by atoms with E-state index in [1.54, 1.807) is 0 Å². The molecule has 1 heterocycles. The SMILES string of the molecule is CNC(C)CCCCN(C)CC1CCOCC1. The second kappa shape index (κ2) is 8.90. The average Bonchev–Trinajstić information content (AvgIpc) is 2.35. The van der Waals surface area contributed by atoms with Crippen LogP contribution in [0.4, 0.5) is 0 Å². The zero-order valence-corrected chi connectivity index (χ0v) is 11.9. The summed E-state index contributed by atoms with van der Waals surface area (Å²) in [6.45, 7) is 6.70. The minimum Gasteiger partial charge on any atom is -0.381 e. The number of ether oxygens (including phenoxy) is 1. The Labute approximate surface area is 107 Å². The molecule has 0 spiro atoms. The van der Waals surface area contributed by atoms with Gasteiger partial charge in [-0.2, -0.15) is 0 Å². The van der Waals surface area contributed by atoms with E-state index in [2.05, 4.69) is 24.2 Å². The highest BCUT2D eigenvalue weighted by molar-refractivity contribution is 4.67. The van der Waals surface area contributed by atoms with E-state index in [4.69, 9.17) is 4.74 Å². The fraction of sp³-hybridized carbons (Fsp3) is 1.00. The number of hydrogen-bond donors (Lipinski definition) is 1. The van der Waals surface area contributed by atoms with E-state index in [1.807, 2.05) is 7.05 Å². The molecule has 0 saturated carbocycles. The van der Waals surface area contributed by atoms with Crippen molar-refractivity contribution in [3.05, 3.63) is 0 Å². The van der Waals surface area contributed by atoms with E-state index >= 15 is 0 Å². The predicted octanol–water partition coefficient (Wildman–Crippen LogP) is 2.12. The zero-order chi connectivity index (χ0) is 12.5. The molecule has 1 unspecified atom stereocenters. The highest BCUT2D eigenvalue weighted by atomic mass is 16.5. The fourth-order valence-electron chi connectivity index (χ4n) is 2.44. The molecular weight excluding hydrogens is 212 g/mol. The van der Waals surface area contributed by atoms with Crippen LogP contribution in [0, 0.1) is 5.92 Å². The Morgan fingerprint density at radius 3 is 2.65 bits per heavy atom. The fourth-order valence-corrected chi connectivity index (χ4v) is 2.44. The van der Waals surface area contributed by atoms with E-state index in [1.165, 1.54) is 45.2 Å². The first-order valence-corrected chi connectivity index (χ1v) is 7.16. The summed E-state index contributed by atoms with van der Waals surface area (Å²) in [6.07, 6.45) is 6.45. The summed E-state index contributed by atoms with van der Waals surface area (Å²) in [4.78, 5) is 2.50. The summed E-state index contributed by atoms with van der Waals surface area (Å²) < 4.78 is 5.39. The molecule has 0 aromatic rings. The van der Waals surface area contributed by atoms with Gasteiger partial charge in [0.2, 0.25) is 0 Å². The highest BCUT2D eigenvalue weighted by Gasteiger charge is 2.15. The number of nitrogens with one attached hydrogen (secondary N) is 1. The van der Waals surface area contributed by atoms with Crippen molar-refractivity contribution in [2.45, 2.75) is 45.1 Å². The lowest BCUT2D eigenvalue weighted by Crippen LogP contribution is -2.30. The number of nitrogens with zero attached hydrogens (tertiary/aromatic N) is 1. The molecule has 1 rings (SSSR count). The molecule has 0 aromatic heterocycles. The van der Waals surface area contributed by atoms with Crippen LogP contribution in [0.15, 0.2) is 0 Å². The summed E-state index contributed by atoms with van der Waals surface area (Å²) in [6, 6.07) is 0.663. The van der Waals surface area contributed by atoms with Crippen LogP contribution in [0.3, 0.4) is 0 Å². The Balaban J connectivity index is 1.98. The average molecular weight is 242 g/mol. The minimum atomic E-state index is 0.663. The molecule has 0 aliphatic carbocycles. The van der Waals surface area contributed by atoms with Gasteiger partial charge in [-0.1, -0.05) is 6.42 Å². The Kier molecular flexibility index (Phi) is 7.82. The number of hydrogen-bond acceptors (Lipinski definition) is 3. The van der Waals surface area contributed by atoms with Gasteiger partial charge < -0.3 is 15.0 Å². The maximum absolute atomic E-state index is 5.39. The molecule has 3 nitrogen and oxygen atoms in total. The van der Waals surface area contributed by atoms with E-state index in [-0.39, 0.29) is 0 Å². The van der Waals surface area contributed by atoms with Gasteiger partial charge in [0, 0.05) is 25.8 Å². The van der Waals surface area contributed by atoms with Crippen LogP contribution in [0.1, 0.15) is 39.0 Å². The highest BCUT2D eigenvalue weighted by Crippen LogP contribution is 2.15.